The second-order valence-electron chi connectivity index (χ2n) is 6.33. The Balaban J connectivity index is 2.08. The van der Waals surface area contributed by atoms with Crippen LogP contribution in [0.25, 0.3) is 5.69 Å². The molecule has 0 aliphatic heterocycles. The number of nitrogens with zero attached hydrogens (tertiary/aromatic N) is 1. The van der Waals surface area contributed by atoms with Crippen molar-refractivity contribution in [2.24, 2.45) is 0 Å². The molecule has 0 saturated heterocycles. The Hall–Kier alpha value is -3.54. The Morgan fingerprint density at radius 2 is 1.57 bits per heavy atom. The van der Waals surface area contributed by atoms with Gasteiger partial charge in [-0.05, 0) is 49.2 Å². The van der Waals surface area contributed by atoms with Crippen LogP contribution in [0.1, 0.15) is 21.5 Å². The standard InChI is InChI=1S/C22H22N2O4/c1-14-12-13-24(16-9-5-6-10-17(16)27-3)22(26)19(14)21(25)23-20-15(2)8-7-11-18(20)28-4/h5-13H,1-4H3,(H,23,25). The van der Waals surface area contributed by atoms with Gasteiger partial charge in [-0.1, -0.05) is 24.3 Å². The molecule has 6 nitrogen and oxygen atoms in total. The van der Waals surface area contributed by atoms with E-state index in [4.69, 9.17) is 9.47 Å². The highest BCUT2D eigenvalue weighted by Crippen LogP contribution is 2.28. The molecule has 1 N–H and O–H groups in total. The van der Waals surface area contributed by atoms with Crippen molar-refractivity contribution >= 4 is 11.6 Å². The van der Waals surface area contributed by atoms with Crippen molar-refractivity contribution in [2.45, 2.75) is 13.8 Å². The number of ether oxygens (including phenoxy) is 2. The van der Waals surface area contributed by atoms with Gasteiger partial charge in [-0.3, -0.25) is 14.2 Å². The van der Waals surface area contributed by atoms with Gasteiger partial charge < -0.3 is 14.8 Å². The number of aromatic nitrogens is 1. The summed E-state index contributed by atoms with van der Waals surface area (Å²) in [5.74, 6) is 0.590. The van der Waals surface area contributed by atoms with Gasteiger partial charge in [-0.15, -0.1) is 0 Å². The minimum atomic E-state index is -0.487. The van der Waals surface area contributed by atoms with Crippen LogP contribution in [0.4, 0.5) is 5.69 Å². The van der Waals surface area contributed by atoms with Crippen LogP contribution in [-0.2, 0) is 0 Å². The van der Waals surface area contributed by atoms with Crippen molar-refractivity contribution in [3.63, 3.8) is 0 Å². The fraction of sp³-hybridized carbons (Fsp3) is 0.182. The molecular formula is C22H22N2O4. The highest BCUT2D eigenvalue weighted by atomic mass is 16.5. The molecule has 0 atom stereocenters. The summed E-state index contributed by atoms with van der Waals surface area (Å²) in [5.41, 5.74) is 2.18. The average molecular weight is 378 g/mol. The quantitative estimate of drug-likeness (QED) is 0.735. The first-order valence-corrected chi connectivity index (χ1v) is 8.78. The van der Waals surface area contributed by atoms with Crippen molar-refractivity contribution in [3.05, 3.63) is 81.8 Å². The van der Waals surface area contributed by atoms with E-state index in [9.17, 15) is 9.59 Å². The van der Waals surface area contributed by atoms with E-state index in [0.717, 1.165) is 5.56 Å². The summed E-state index contributed by atoms with van der Waals surface area (Å²) in [6.45, 7) is 3.60. The topological polar surface area (TPSA) is 69.6 Å². The van der Waals surface area contributed by atoms with Crippen LogP contribution in [0, 0.1) is 13.8 Å². The number of carbonyl (C=O) groups excluding carboxylic acids is 1. The van der Waals surface area contributed by atoms with Gasteiger partial charge in [0.15, 0.2) is 0 Å². The van der Waals surface area contributed by atoms with E-state index in [-0.39, 0.29) is 5.56 Å². The normalized spacial score (nSPS) is 10.4. The van der Waals surface area contributed by atoms with Gasteiger partial charge in [0.05, 0.1) is 25.6 Å². The minimum absolute atomic E-state index is 0.0683. The molecule has 3 aromatic rings. The van der Waals surface area contributed by atoms with Crippen molar-refractivity contribution in [3.8, 4) is 17.2 Å². The van der Waals surface area contributed by atoms with Crippen LogP contribution in [0.2, 0.25) is 0 Å². The molecule has 0 radical (unpaired) electrons. The van der Waals surface area contributed by atoms with E-state index in [1.165, 1.54) is 18.8 Å². The van der Waals surface area contributed by atoms with Crippen LogP contribution in [0.15, 0.2) is 59.5 Å². The summed E-state index contributed by atoms with van der Waals surface area (Å²) in [7, 11) is 3.07. The molecule has 28 heavy (non-hydrogen) atoms. The van der Waals surface area contributed by atoms with Gasteiger partial charge in [-0.2, -0.15) is 0 Å². The average Bonchev–Trinajstić information content (AvgIpc) is 2.69. The lowest BCUT2D eigenvalue weighted by Gasteiger charge is -2.15. The lowest BCUT2D eigenvalue weighted by molar-refractivity contribution is 0.102. The maximum Gasteiger partial charge on any atom is 0.268 e. The van der Waals surface area contributed by atoms with Gasteiger partial charge in [0.25, 0.3) is 11.5 Å². The number of aryl methyl sites for hydroxylation is 2. The fourth-order valence-corrected chi connectivity index (χ4v) is 3.07. The van der Waals surface area contributed by atoms with E-state index in [2.05, 4.69) is 5.32 Å². The number of pyridine rings is 1. The predicted octanol–water partition coefficient (Wildman–Crippen LogP) is 3.72. The van der Waals surface area contributed by atoms with E-state index in [1.54, 1.807) is 37.4 Å². The molecule has 0 unspecified atom stereocenters. The van der Waals surface area contributed by atoms with Gasteiger partial charge in [0, 0.05) is 6.20 Å². The minimum Gasteiger partial charge on any atom is -0.495 e. The Morgan fingerprint density at radius 3 is 2.29 bits per heavy atom. The SMILES string of the molecule is COc1ccccc1-n1ccc(C)c(C(=O)Nc2c(C)cccc2OC)c1=O. The third-order valence-electron chi connectivity index (χ3n) is 4.57. The Kier molecular flexibility index (Phi) is 5.49. The van der Waals surface area contributed by atoms with Crippen LogP contribution < -0.4 is 20.3 Å². The second kappa shape index (κ2) is 8.00. The maximum absolute atomic E-state index is 13.1. The number of para-hydroxylation sites is 3. The van der Waals surface area contributed by atoms with Crippen LogP contribution in [0.5, 0.6) is 11.5 Å². The zero-order chi connectivity index (χ0) is 20.3. The summed E-state index contributed by atoms with van der Waals surface area (Å²) in [6.07, 6.45) is 1.64. The largest absolute Gasteiger partial charge is 0.495 e. The van der Waals surface area contributed by atoms with Crippen LogP contribution in [-0.4, -0.2) is 24.7 Å². The molecule has 6 heteroatoms. The number of carbonyl (C=O) groups is 1. The summed E-state index contributed by atoms with van der Waals surface area (Å²) in [4.78, 5) is 26.1. The lowest BCUT2D eigenvalue weighted by atomic mass is 10.1. The van der Waals surface area contributed by atoms with Crippen LogP contribution in [0.3, 0.4) is 0 Å². The zero-order valence-corrected chi connectivity index (χ0v) is 16.3. The monoisotopic (exact) mass is 378 g/mol. The van der Waals surface area contributed by atoms with E-state index >= 15 is 0 Å². The zero-order valence-electron chi connectivity index (χ0n) is 16.3. The summed E-state index contributed by atoms with van der Waals surface area (Å²) >= 11 is 0. The van der Waals surface area contributed by atoms with Gasteiger partial charge in [-0.25, -0.2) is 0 Å². The molecule has 1 heterocycles. The number of rotatable bonds is 5. The highest BCUT2D eigenvalue weighted by molar-refractivity contribution is 6.06. The highest BCUT2D eigenvalue weighted by Gasteiger charge is 2.19. The third-order valence-corrected chi connectivity index (χ3v) is 4.57. The molecule has 2 aromatic carbocycles. The Labute approximate surface area is 163 Å². The van der Waals surface area contributed by atoms with Gasteiger partial charge in [0.2, 0.25) is 0 Å². The number of amides is 1. The molecule has 0 fully saturated rings. The molecule has 0 aliphatic carbocycles. The molecule has 0 bridgehead atoms. The molecule has 144 valence electrons. The molecule has 0 aliphatic rings. The second-order valence-corrected chi connectivity index (χ2v) is 6.33. The maximum atomic E-state index is 13.1. The van der Waals surface area contributed by atoms with Crippen LogP contribution >= 0.6 is 0 Å². The van der Waals surface area contributed by atoms with Gasteiger partial charge in [0.1, 0.15) is 17.1 Å². The van der Waals surface area contributed by atoms with Crippen molar-refractivity contribution < 1.29 is 14.3 Å². The number of hydrogen-bond donors (Lipinski definition) is 1. The first-order valence-electron chi connectivity index (χ1n) is 8.78. The number of nitrogens with one attached hydrogen (secondary N) is 1. The van der Waals surface area contributed by atoms with Gasteiger partial charge >= 0.3 is 0 Å². The van der Waals surface area contributed by atoms with Crippen molar-refractivity contribution in [2.75, 3.05) is 19.5 Å². The molecule has 0 spiro atoms. The number of benzene rings is 2. The molecule has 1 aromatic heterocycles. The first kappa shape index (κ1) is 19.2. The number of methoxy groups -OCH3 is 2. The lowest BCUT2D eigenvalue weighted by Crippen LogP contribution is -2.29. The van der Waals surface area contributed by atoms with Crippen molar-refractivity contribution in [1.29, 1.82) is 0 Å². The summed E-state index contributed by atoms with van der Waals surface area (Å²) in [6, 6.07) is 14.4. The predicted molar refractivity (Wildman–Crippen MR) is 109 cm³/mol. The molecule has 0 saturated carbocycles. The first-order chi connectivity index (χ1) is 13.5. The summed E-state index contributed by atoms with van der Waals surface area (Å²) in [5, 5.41) is 2.83. The van der Waals surface area contributed by atoms with Crippen molar-refractivity contribution in [1.82, 2.24) is 4.57 Å². The van der Waals surface area contributed by atoms with E-state index < -0.39 is 11.5 Å². The Bertz CT molecular complexity index is 1090. The number of hydrogen-bond acceptors (Lipinski definition) is 4. The number of anilines is 1. The van der Waals surface area contributed by atoms with E-state index in [1.807, 2.05) is 31.2 Å². The molecule has 1 amide bonds. The third kappa shape index (κ3) is 3.49. The smallest absolute Gasteiger partial charge is 0.268 e. The molecule has 3 rings (SSSR count). The fourth-order valence-electron chi connectivity index (χ4n) is 3.07. The molecular weight excluding hydrogens is 356 g/mol. The Morgan fingerprint density at radius 1 is 0.893 bits per heavy atom. The van der Waals surface area contributed by atoms with E-state index in [0.29, 0.717) is 28.4 Å². The summed E-state index contributed by atoms with van der Waals surface area (Å²) < 4.78 is 12.1.